The van der Waals surface area contributed by atoms with Gasteiger partial charge in [-0.1, -0.05) is 17.7 Å². The minimum absolute atomic E-state index is 0.152. The van der Waals surface area contributed by atoms with Gasteiger partial charge in [-0.15, -0.1) is 0 Å². The third-order valence-corrected chi connectivity index (χ3v) is 5.39. The molecule has 0 unspecified atom stereocenters. The number of ether oxygens (including phenoxy) is 2. The lowest BCUT2D eigenvalue weighted by molar-refractivity contribution is 0.0977. The fourth-order valence-corrected chi connectivity index (χ4v) is 3.59. The van der Waals surface area contributed by atoms with Gasteiger partial charge in [-0.3, -0.25) is 10.1 Å². The molecular weight excluding hydrogens is 462 g/mol. The van der Waals surface area contributed by atoms with Crippen LogP contribution < -0.4 is 20.1 Å². The lowest BCUT2D eigenvalue weighted by Gasteiger charge is -2.13. The SMILES string of the molecule is COc1ccc(C(=O)NC(=S)Nc2cc(-c3nc4cc(Cl)ccc4o3)ccc2C)cc1OC. The summed E-state index contributed by atoms with van der Waals surface area (Å²) in [5, 5.41) is 6.49. The van der Waals surface area contributed by atoms with Crippen molar-refractivity contribution >= 4 is 51.6 Å². The van der Waals surface area contributed by atoms with E-state index in [0.717, 1.165) is 11.1 Å². The standard InChI is InChI=1S/C24H20ClN3O4S/c1-13-4-5-15(23-26-18-12-16(25)7-9-19(18)32-23)10-17(13)27-24(33)28-22(29)14-6-8-20(30-2)21(11-14)31-3/h4-12H,1-3H3,(H2,27,28,29,33). The minimum Gasteiger partial charge on any atom is -0.493 e. The Labute approximate surface area is 200 Å². The summed E-state index contributed by atoms with van der Waals surface area (Å²) in [6, 6.07) is 15.8. The van der Waals surface area contributed by atoms with Crippen LogP contribution in [0.25, 0.3) is 22.6 Å². The number of hydrogen-bond acceptors (Lipinski definition) is 6. The lowest BCUT2D eigenvalue weighted by atomic mass is 10.1. The molecule has 3 aromatic carbocycles. The van der Waals surface area contributed by atoms with Crippen LogP contribution in [0.5, 0.6) is 11.5 Å². The van der Waals surface area contributed by atoms with Gasteiger partial charge in [-0.05, 0) is 73.2 Å². The van der Waals surface area contributed by atoms with E-state index in [2.05, 4.69) is 15.6 Å². The third-order valence-electron chi connectivity index (χ3n) is 4.96. The maximum absolute atomic E-state index is 12.6. The van der Waals surface area contributed by atoms with E-state index in [-0.39, 0.29) is 11.0 Å². The number of amides is 1. The highest BCUT2D eigenvalue weighted by Crippen LogP contribution is 2.30. The highest BCUT2D eigenvalue weighted by molar-refractivity contribution is 7.80. The van der Waals surface area contributed by atoms with Gasteiger partial charge in [-0.2, -0.15) is 0 Å². The molecule has 2 N–H and O–H groups in total. The molecular formula is C24H20ClN3O4S. The van der Waals surface area contributed by atoms with Gasteiger partial charge >= 0.3 is 0 Å². The van der Waals surface area contributed by atoms with Crippen molar-refractivity contribution in [1.29, 1.82) is 0 Å². The molecule has 7 nitrogen and oxygen atoms in total. The summed E-state index contributed by atoms with van der Waals surface area (Å²) < 4.78 is 16.3. The van der Waals surface area contributed by atoms with Crippen LogP contribution >= 0.6 is 23.8 Å². The summed E-state index contributed by atoms with van der Waals surface area (Å²) in [4.78, 5) is 17.2. The molecule has 1 aromatic heterocycles. The number of fused-ring (bicyclic) bond motifs is 1. The number of aromatic nitrogens is 1. The van der Waals surface area contributed by atoms with E-state index in [4.69, 9.17) is 37.7 Å². The van der Waals surface area contributed by atoms with Crippen LogP contribution in [0.1, 0.15) is 15.9 Å². The van der Waals surface area contributed by atoms with Gasteiger partial charge in [-0.25, -0.2) is 4.98 Å². The normalized spacial score (nSPS) is 10.7. The van der Waals surface area contributed by atoms with Gasteiger partial charge in [0.05, 0.1) is 14.2 Å². The Hall–Kier alpha value is -3.62. The van der Waals surface area contributed by atoms with Crippen LogP contribution in [0.4, 0.5) is 5.69 Å². The zero-order valence-corrected chi connectivity index (χ0v) is 19.6. The number of nitrogens with zero attached hydrogens (tertiary/aromatic N) is 1. The van der Waals surface area contributed by atoms with Crippen molar-refractivity contribution in [2.75, 3.05) is 19.5 Å². The van der Waals surface area contributed by atoms with Crippen molar-refractivity contribution in [3.8, 4) is 23.0 Å². The summed E-state index contributed by atoms with van der Waals surface area (Å²) in [6.45, 7) is 1.93. The molecule has 0 spiro atoms. The van der Waals surface area contributed by atoms with Crippen LogP contribution in [0.3, 0.4) is 0 Å². The second-order valence-electron chi connectivity index (χ2n) is 7.14. The van der Waals surface area contributed by atoms with Gasteiger partial charge in [0.15, 0.2) is 22.2 Å². The molecule has 1 amide bonds. The first kappa shape index (κ1) is 22.6. The van der Waals surface area contributed by atoms with Crippen molar-refractivity contribution in [2.45, 2.75) is 6.92 Å². The molecule has 0 radical (unpaired) electrons. The molecule has 0 aliphatic rings. The predicted octanol–water partition coefficient (Wildman–Crippen LogP) is 5.60. The molecule has 0 fully saturated rings. The topological polar surface area (TPSA) is 85.6 Å². The Bertz CT molecular complexity index is 1370. The van der Waals surface area contributed by atoms with Crippen LogP contribution in [-0.2, 0) is 0 Å². The fraction of sp³-hybridized carbons (Fsp3) is 0.125. The quantitative estimate of drug-likeness (QED) is 0.359. The van der Waals surface area contributed by atoms with Gasteiger partial charge in [0.2, 0.25) is 5.89 Å². The number of halogens is 1. The highest BCUT2D eigenvalue weighted by atomic mass is 35.5. The number of thiocarbonyl (C=S) groups is 1. The van der Waals surface area contributed by atoms with E-state index >= 15 is 0 Å². The fourth-order valence-electron chi connectivity index (χ4n) is 3.22. The minimum atomic E-state index is -0.377. The largest absolute Gasteiger partial charge is 0.493 e. The third kappa shape index (κ3) is 4.92. The van der Waals surface area contributed by atoms with E-state index in [9.17, 15) is 4.79 Å². The number of hydrogen-bond donors (Lipinski definition) is 2. The number of aryl methyl sites for hydroxylation is 1. The first-order valence-corrected chi connectivity index (χ1v) is 10.7. The van der Waals surface area contributed by atoms with Crippen LogP contribution in [-0.4, -0.2) is 30.2 Å². The Kier molecular flexibility index (Phi) is 6.48. The van der Waals surface area contributed by atoms with Crippen molar-refractivity contribution in [2.24, 2.45) is 0 Å². The zero-order valence-electron chi connectivity index (χ0n) is 18.1. The second-order valence-corrected chi connectivity index (χ2v) is 7.98. The molecule has 0 bridgehead atoms. The van der Waals surface area contributed by atoms with Crippen molar-refractivity contribution < 1.29 is 18.7 Å². The average molecular weight is 482 g/mol. The Morgan fingerprint density at radius 3 is 2.58 bits per heavy atom. The lowest BCUT2D eigenvalue weighted by Crippen LogP contribution is -2.34. The van der Waals surface area contributed by atoms with Crippen molar-refractivity contribution in [3.63, 3.8) is 0 Å². The number of carbonyl (C=O) groups is 1. The number of anilines is 1. The van der Waals surface area contributed by atoms with E-state index in [0.29, 0.717) is 44.8 Å². The molecule has 0 saturated carbocycles. The Morgan fingerprint density at radius 2 is 1.82 bits per heavy atom. The van der Waals surface area contributed by atoms with Gasteiger partial charge in [0.1, 0.15) is 5.52 Å². The monoisotopic (exact) mass is 481 g/mol. The molecule has 4 rings (SSSR count). The number of oxazole rings is 1. The van der Waals surface area contributed by atoms with Crippen LogP contribution in [0.15, 0.2) is 59.0 Å². The number of methoxy groups -OCH3 is 2. The number of carbonyl (C=O) groups excluding carboxylic acids is 1. The molecule has 168 valence electrons. The van der Waals surface area contributed by atoms with Gasteiger partial charge in [0.25, 0.3) is 5.91 Å². The number of nitrogens with one attached hydrogen (secondary N) is 2. The van der Waals surface area contributed by atoms with Crippen LogP contribution in [0.2, 0.25) is 5.02 Å². The first-order valence-electron chi connectivity index (χ1n) is 9.89. The number of benzene rings is 3. The molecule has 1 heterocycles. The molecule has 0 atom stereocenters. The maximum Gasteiger partial charge on any atom is 0.257 e. The molecule has 0 saturated heterocycles. The number of rotatable bonds is 5. The molecule has 4 aromatic rings. The smallest absolute Gasteiger partial charge is 0.257 e. The summed E-state index contributed by atoms with van der Waals surface area (Å²) in [5.41, 5.74) is 4.09. The zero-order chi connectivity index (χ0) is 23.5. The summed E-state index contributed by atoms with van der Waals surface area (Å²) in [6.07, 6.45) is 0. The van der Waals surface area contributed by atoms with Crippen molar-refractivity contribution in [1.82, 2.24) is 10.3 Å². The van der Waals surface area contributed by atoms with E-state index < -0.39 is 0 Å². The second kappa shape index (κ2) is 9.48. The highest BCUT2D eigenvalue weighted by Gasteiger charge is 2.14. The molecule has 0 aliphatic heterocycles. The summed E-state index contributed by atoms with van der Waals surface area (Å²) >= 11 is 11.4. The molecule has 0 aliphatic carbocycles. The Morgan fingerprint density at radius 1 is 1.03 bits per heavy atom. The van der Waals surface area contributed by atoms with Crippen molar-refractivity contribution in [3.05, 3.63) is 70.7 Å². The summed E-state index contributed by atoms with van der Waals surface area (Å²) in [5.74, 6) is 1.06. The Balaban J connectivity index is 1.51. The maximum atomic E-state index is 12.6. The average Bonchev–Trinajstić information content (AvgIpc) is 3.23. The van der Waals surface area contributed by atoms with Crippen LogP contribution in [0, 0.1) is 6.92 Å². The molecule has 9 heteroatoms. The van der Waals surface area contributed by atoms with Gasteiger partial charge < -0.3 is 19.2 Å². The first-order chi connectivity index (χ1) is 15.9. The summed E-state index contributed by atoms with van der Waals surface area (Å²) in [7, 11) is 3.04. The predicted molar refractivity (Wildman–Crippen MR) is 132 cm³/mol. The van der Waals surface area contributed by atoms with E-state index in [1.54, 1.807) is 36.4 Å². The van der Waals surface area contributed by atoms with E-state index in [1.165, 1.54) is 14.2 Å². The van der Waals surface area contributed by atoms with E-state index in [1.807, 2.05) is 25.1 Å². The molecule has 33 heavy (non-hydrogen) atoms. The van der Waals surface area contributed by atoms with Gasteiger partial charge in [0, 0.05) is 21.8 Å².